The molecule has 2 N–H and O–H groups in total. The molecule has 0 saturated heterocycles. The topological polar surface area (TPSA) is 32.3 Å². The first-order chi connectivity index (χ1) is 6.07. The molecule has 0 atom stereocenters. The van der Waals surface area contributed by atoms with Gasteiger partial charge in [0.1, 0.15) is 5.75 Å². The second kappa shape index (κ2) is 3.99. The number of phenolic OH excluding ortho intramolecular Hbond substituents is 1. The molecule has 1 rings (SSSR count). The first kappa shape index (κ1) is 10.4. The Kier molecular flexibility index (Phi) is 3.17. The summed E-state index contributed by atoms with van der Waals surface area (Å²) in [6.07, 6.45) is 0. The van der Waals surface area contributed by atoms with Gasteiger partial charge in [-0.3, -0.25) is 0 Å². The van der Waals surface area contributed by atoms with Crippen molar-refractivity contribution < 1.29 is 5.11 Å². The molecule has 0 aliphatic heterocycles. The van der Waals surface area contributed by atoms with E-state index in [4.69, 9.17) is 11.6 Å². The Bertz CT molecular complexity index is 323. The monoisotopic (exact) mass is 199 g/mol. The van der Waals surface area contributed by atoms with Gasteiger partial charge in [-0.15, -0.1) is 0 Å². The molecular weight excluding hydrogens is 186 g/mol. The number of rotatable bonds is 2. The van der Waals surface area contributed by atoms with E-state index >= 15 is 0 Å². The summed E-state index contributed by atoms with van der Waals surface area (Å²) in [7, 11) is 1.88. The maximum absolute atomic E-state index is 9.63. The Morgan fingerprint density at radius 3 is 2.62 bits per heavy atom. The maximum atomic E-state index is 9.63. The molecule has 0 fully saturated rings. The lowest BCUT2D eigenvalue weighted by Crippen LogP contribution is -2.07. The Morgan fingerprint density at radius 1 is 1.46 bits per heavy atom. The summed E-state index contributed by atoms with van der Waals surface area (Å²) < 4.78 is 0. The Labute approximate surface area is 83.5 Å². The number of halogens is 1. The van der Waals surface area contributed by atoms with E-state index in [0.717, 1.165) is 23.2 Å². The van der Waals surface area contributed by atoms with Gasteiger partial charge in [0.2, 0.25) is 0 Å². The molecule has 0 aliphatic carbocycles. The van der Waals surface area contributed by atoms with Gasteiger partial charge < -0.3 is 10.4 Å². The Morgan fingerprint density at radius 2 is 2.08 bits per heavy atom. The fourth-order valence-corrected chi connectivity index (χ4v) is 1.51. The van der Waals surface area contributed by atoms with Crippen molar-refractivity contribution in [2.24, 2.45) is 0 Å². The molecule has 0 unspecified atom stereocenters. The highest BCUT2D eigenvalue weighted by Crippen LogP contribution is 2.32. The van der Waals surface area contributed by atoms with Crippen molar-refractivity contribution in [3.63, 3.8) is 0 Å². The normalized spacial score (nSPS) is 10.5. The van der Waals surface area contributed by atoms with Crippen LogP contribution in [0.1, 0.15) is 16.7 Å². The molecule has 2 nitrogen and oxygen atoms in total. The van der Waals surface area contributed by atoms with Crippen molar-refractivity contribution in [3.8, 4) is 5.75 Å². The van der Waals surface area contributed by atoms with Gasteiger partial charge in [-0.05, 0) is 37.6 Å². The van der Waals surface area contributed by atoms with Crippen LogP contribution in [0.3, 0.4) is 0 Å². The van der Waals surface area contributed by atoms with E-state index in [-0.39, 0.29) is 5.75 Å². The van der Waals surface area contributed by atoms with E-state index in [1.54, 1.807) is 0 Å². The lowest BCUT2D eigenvalue weighted by Gasteiger charge is -2.10. The minimum Gasteiger partial charge on any atom is -0.506 e. The van der Waals surface area contributed by atoms with Gasteiger partial charge in [0.25, 0.3) is 0 Å². The molecule has 0 radical (unpaired) electrons. The molecule has 3 heteroatoms. The summed E-state index contributed by atoms with van der Waals surface area (Å²) in [5.41, 5.74) is 2.85. The Hall–Kier alpha value is -0.730. The lowest BCUT2D eigenvalue weighted by atomic mass is 10.0. The summed E-state index contributed by atoms with van der Waals surface area (Å²) >= 11 is 5.88. The van der Waals surface area contributed by atoms with Crippen LogP contribution < -0.4 is 5.32 Å². The largest absolute Gasteiger partial charge is 0.506 e. The molecule has 1 aromatic carbocycles. The molecule has 13 heavy (non-hydrogen) atoms. The molecule has 0 bridgehead atoms. The van der Waals surface area contributed by atoms with E-state index in [1.165, 1.54) is 0 Å². The van der Waals surface area contributed by atoms with E-state index in [1.807, 2.05) is 27.0 Å². The first-order valence-electron chi connectivity index (χ1n) is 4.20. The van der Waals surface area contributed by atoms with E-state index in [2.05, 4.69) is 5.32 Å². The molecule has 1 aromatic rings. The second-order valence-corrected chi connectivity index (χ2v) is 3.55. The van der Waals surface area contributed by atoms with Crippen LogP contribution in [0, 0.1) is 13.8 Å². The van der Waals surface area contributed by atoms with Gasteiger partial charge in [-0.1, -0.05) is 17.7 Å². The summed E-state index contributed by atoms with van der Waals surface area (Å²) in [6, 6.07) is 1.99. The lowest BCUT2D eigenvalue weighted by molar-refractivity contribution is 0.469. The minimum absolute atomic E-state index is 0.201. The standard InChI is InChI=1S/C10H14ClNO/c1-6-4-8(5-12-3)7(2)10(13)9(6)11/h4,12-13H,5H2,1-3H3. The number of hydrogen-bond acceptors (Lipinski definition) is 2. The number of hydrogen-bond donors (Lipinski definition) is 2. The van der Waals surface area contributed by atoms with Crippen molar-refractivity contribution >= 4 is 11.6 Å². The van der Waals surface area contributed by atoms with Crippen LogP contribution in [0.4, 0.5) is 0 Å². The van der Waals surface area contributed by atoms with Gasteiger partial charge in [0.05, 0.1) is 5.02 Å². The molecule has 0 amide bonds. The van der Waals surface area contributed by atoms with Crippen molar-refractivity contribution in [2.75, 3.05) is 7.05 Å². The maximum Gasteiger partial charge on any atom is 0.137 e. The second-order valence-electron chi connectivity index (χ2n) is 3.17. The minimum atomic E-state index is 0.201. The van der Waals surface area contributed by atoms with E-state index < -0.39 is 0 Å². The average Bonchev–Trinajstić information content (AvgIpc) is 2.11. The number of benzene rings is 1. The third-order valence-corrected chi connectivity index (χ3v) is 2.63. The molecule has 0 spiro atoms. The van der Waals surface area contributed by atoms with Crippen LogP contribution in [-0.2, 0) is 6.54 Å². The zero-order valence-electron chi connectivity index (χ0n) is 8.11. The van der Waals surface area contributed by atoms with Crippen molar-refractivity contribution in [3.05, 3.63) is 27.8 Å². The highest BCUT2D eigenvalue weighted by atomic mass is 35.5. The number of nitrogens with one attached hydrogen (secondary N) is 1. The quantitative estimate of drug-likeness (QED) is 0.767. The first-order valence-corrected chi connectivity index (χ1v) is 4.58. The van der Waals surface area contributed by atoms with E-state index in [0.29, 0.717) is 5.02 Å². The third-order valence-electron chi connectivity index (χ3n) is 2.15. The van der Waals surface area contributed by atoms with Crippen molar-refractivity contribution in [2.45, 2.75) is 20.4 Å². The van der Waals surface area contributed by atoms with E-state index in [9.17, 15) is 5.11 Å². The molecule has 72 valence electrons. The molecule has 0 aliphatic rings. The SMILES string of the molecule is CNCc1cc(C)c(Cl)c(O)c1C. The van der Waals surface area contributed by atoms with Crippen molar-refractivity contribution in [1.82, 2.24) is 5.32 Å². The number of aryl methyl sites for hydroxylation is 1. The number of phenols is 1. The van der Waals surface area contributed by atoms with Gasteiger partial charge >= 0.3 is 0 Å². The number of aromatic hydroxyl groups is 1. The van der Waals surface area contributed by atoms with Crippen molar-refractivity contribution in [1.29, 1.82) is 0 Å². The highest BCUT2D eigenvalue weighted by molar-refractivity contribution is 6.32. The zero-order valence-corrected chi connectivity index (χ0v) is 8.87. The smallest absolute Gasteiger partial charge is 0.137 e. The van der Waals surface area contributed by atoms with Gasteiger partial charge in [-0.25, -0.2) is 0 Å². The van der Waals surface area contributed by atoms with Crippen LogP contribution in [0.2, 0.25) is 5.02 Å². The summed E-state index contributed by atoms with van der Waals surface area (Å²) in [5, 5.41) is 13.1. The molecule has 0 saturated carbocycles. The summed E-state index contributed by atoms with van der Waals surface area (Å²) in [6.45, 7) is 4.51. The zero-order chi connectivity index (χ0) is 10.0. The molecule has 0 heterocycles. The molecular formula is C10H14ClNO. The highest BCUT2D eigenvalue weighted by Gasteiger charge is 2.09. The van der Waals surface area contributed by atoms with Gasteiger partial charge in [0.15, 0.2) is 0 Å². The predicted molar refractivity (Wildman–Crippen MR) is 55.4 cm³/mol. The third kappa shape index (κ3) is 1.95. The summed E-state index contributed by atoms with van der Waals surface area (Å²) in [5.74, 6) is 0.201. The Balaban J connectivity index is 3.24. The predicted octanol–water partition coefficient (Wildman–Crippen LogP) is 2.38. The van der Waals surface area contributed by atoms with Gasteiger partial charge in [-0.2, -0.15) is 0 Å². The molecule has 0 aromatic heterocycles. The fraction of sp³-hybridized carbons (Fsp3) is 0.400. The summed E-state index contributed by atoms with van der Waals surface area (Å²) in [4.78, 5) is 0. The van der Waals surface area contributed by atoms with Gasteiger partial charge in [0, 0.05) is 6.54 Å². The fourth-order valence-electron chi connectivity index (χ4n) is 1.31. The van der Waals surface area contributed by atoms with Crippen LogP contribution in [0.25, 0.3) is 0 Å². The van der Waals surface area contributed by atoms with Crippen LogP contribution in [-0.4, -0.2) is 12.2 Å². The average molecular weight is 200 g/mol. The van der Waals surface area contributed by atoms with Crippen LogP contribution >= 0.6 is 11.6 Å². The van der Waals surface area contributed by atoms with Crippen LogP contribution in [0.15, 0.2) is 6.07 Å². The van der Waals surface area contributed by atoms with Crippen LogP contribution in [0.5, 0.6) is 5.75 Å².